The second-order valence-corrected chi connectivity index (χ2v) is 5.05. The van der Waals surface area contributed by atoms with Crippen molar-refractivity contribution in [2.24, 2.45) is 0 Å². The van der Waals surface area contributed by atoms with Crippen LogP contribution < -0.4 is 0 Å². The van der Waals surface area contributed by atoms with E-state index in [9.17, 15) is 0 Å². The smallest absolute Gasteiger partial charge is 0.0635 e. The summed E-state index contributed by atoms with van der Waals surface area (Å²) in [6.45, 7) is 5.68. The molecule has 4 heteroatoms. The molecule has 0 N–H and O–H groups in total. The average Bonchev–Trinajstić information content (AvgIpc) is 2.28. The molecule has 0 bridgehead atoms. The predicted octanol–water partition coefficient (Wildman–Crippen LogP) is 4.12. The van der Waals surface area contributed by atoms with Crippen molar-refractivity contribution in [3.05, 3.63) is 33.8 Å². The van der Waals surface area contributed by atoms with E-state index < -0.39 is 0 Å². The molecule has 0 atom stereocenters. The fraction of sp³-hybridized carbons (Fsp3) is 0.462. The lowest BCUT2D eigenvalue weighted by Crippen LogP contribution is -2.31. The minimum Gasteiger partial charge on any atom is -0.296 e. The van der Waals surface area contributed by atoms with Gasteiger partial charge in [-0.15, -0.1) is 0 Å². The van der Waals surface area contributed by atoms with Crippen LogP contribution in [0.2, 0.25) is 10.0 Å². The van der Waals surface area contributed by atoms with E-state index in [1.807, 2.05) is 12.1 Å². The van der Waals surface area contributed by atoms with Gasteiger partial charge in [0, 0.05) is 35.6 Å². The number of nitrogens with zero attached hydrogens (tertiary/aromatic N) is 2. The van der Waals surface area contributed by atoms with Gasteiger partial charge in [-0.1, -0.05) is 23.2 Å². The van der Waals surface area contributed by atoms with Crippen LogP contribution in [0.3, 0.4) is 0 Å². The van der Waals surface area contributed by atoms with Crippen LogP contribution in [-0.4, -0.2) is 17.5 Å². The Morgan fingerprint density at radius 1 is 1.35 bits per heavy atom. The van der Waals surface area contributed by atoms with Crippen molar-refractivity contribution in [1.82, 2.24) is 4.90 Å². The molecule has 0 aromatic heterocycles. The summed E-state index contributed by atoms with van der Waals surface area (Å²) in [6, 6.07) is 8.01. The summed E-state index contributed by atoms with van der Waals surface area (Å²) in [5.74, 6) is 0. The Kier molecular flexibility index (Phi) is 5.77. The number of hydrogen-bond donors (Lipinski definition) is 0. The zero-order chi connectivity index (χ0) is 12.8. The van der Waals surface area contributed by atoms with Crippen molar-refractivity contribution < 1.29 is 0 Å². The first-order chi connectivity index (χ1) is 8.04. The minimum absolute atomic E-state index is 0.374. The highest BCUT2D eigenvalue weighted by atomic mass is 35.5. The third-order valence-electron chi connectivity index (χ3n) is 2.62. The van der Waals surface area contributed by atoms with Gasteiger partial charge in [-0.3, -0.25) is 4.90 Å². The Hall–Kier alpha value is -0.750. The molecule has 92 valence electrons. The Balaban J connectivity index is 2.78. The zero-order valence-corrected chi connectivity index (χ0v) is 11.6. The average molecular weight is 271 g/mol. The van der Waals surface area contributed by atoms with E-state index in [1.165, 1.54) is 0 Å². The van der Waals surface area contributed by atoms with E-state index in [0.717, 1.165) is 23.7 Å². The van der Waals surface area contributed by atoms with E-state index >= 15 is 0 Å². The molecule has 0 aliphatic heterocycles. The quantitative estimate of drug-likeness (QED) is 0.805. The highest BCUT2D eigenvalue weighted by Gasteiger charge is 2.12. The molecule has 17 heavy (non-hydrogen) atoms. The number of benzene rings is 1. The summed E-state index contributed by atoms with van der Waals surface area (Å²) in [7, 11) is 0. The van der Waals surface area contributed by atoms with E-state index in [2.05, 4.69) is 24.8 Å². The maximum Gasteiger partial charge on any atom is 0.0635 e. The first kappa shape index (κ1) is 14.3. The van der Waals surface area contributed by atoms with Crippen LogP contribution in [-0.2, 0) is 6.54 Å². The molecule has 0 spiro atoms. The predicted molar refractivity (Wildman–Crippen MR) is 72.2 cm³/mol. The van der Waals surface area contributed by atoms with Crippen LogP contribution in [0.1, 0.15) is 25.8 Å². The van der Waals surface area contributed by atoms with Crippen LogP contribution in [0.5, 0.6) is 0 Å². The maximum atomic E-state index is 8.64. The first-order valence-corrected chi connectivity index (χ1v) is 6.35. The molecule has 0 saturated heterocycles. The first-order valence-electron chi connectivity index (χ1n) is 5.59. The van der Waals surface area contributed by atoms with E-state index in [4.69, 9.17) is 28.5 Å². The van der Waals surface area contributed by atoms with Crippen LogP contribution in [0.4, 0.5) is 0 Å². The summed E-state index contributed by atoms with van der Waals surface area (Å²) >= 11 is 12.1. The summed E-state index contributed by atoms with van der Waals surface area (Å²) in [6.07, 6.45) is 0.524. The molecule has 0 amide bonds. The van der Waals surface area contributed by atoms with E-state index in [0.29, 0.717) is 17.5 Å². The fourth-order valence-electron chi connectivity index (χ4n) is 1.60. The Labute approximate surface area is 113 Å². The summed E-state index contributed by atoms with van der Waals surface area (Å²) in [5, 5.41) is 10.0. The van der Waals surface area contributed by atoms with Crippen molar-refractivity contribution in [1.29, 1.82) is 5.26 Å². The molecule has 1 rings (SSSR count). The molecule has 0 aliphatic carbocycles. The molecular formula is C13H16Cl2N2. The van der Waals surface area contributed by atoms with Crippen LogP contribution in [0, 0.1) is 11.3 Å². The van der Waals surface area contributed by atoms with Crippen molar-refractivity contribution in [2.45, 2.75) is 32.9 Å². The molecule has 2 nitrogen and oxygen atoms in total. The molecule has 0 radical (unpaired) electrons. The van der Waals surface area contributed by atoms with Crippen molar-refractivity contribution in [3.8, 4) is 6.07 Å². The van der Waals surface area contributed by atoms with Gasteiger partial charge in [0.1, 0.15) is 0 Å². The zero-order valence-electron chi connectivity index (χ0n) is 10.1. The SMILES string of the molecule is CC(C)N(CCC#N)Cc1cc(Cl)ccc1Cl. The van der Waals surface area contributed by atoms with Crippen LogP contribution in [0.25, 0.3) is 0 Å². The molecule has 0 heterocycles. The van der Waals surface area contributed by atoms with Gasteiger partial charge in [-0.25, -0.2) is 0 Å². The van der Waals surface area contributed by atoms with Crippen molar-refractivity contribution >= 4 is 23.2 Å². The lowest BCUT2D eigenvalue weighted by molar-refractivity contribution is 0.218. The number of halogens is 2. The summed E-state index contributed by atoms with van der Waals surface area (Å²) < 4.78 is 0. The molecule has 0 saturated carbocycles. The normalized spacial score (nSPS) is 10.9. The monoisotopic (exact) mass is 270 g/mol. The lowest BCUT2D eigenvalue weighted by Gasteiger charge is -2.26. The Bertz CT molecular complexity index is 410. The molecule has 0 unspecified atom stereocenters. The second-order valence-electron chi connectivity index (χ2n) is 4.21. The van der Waals surface area contributed by atoms with Gasteiger partial charge in [0.25, 0.3) is 0 Å². The molecular weight excluding hydrogens is 255 g/mol. The maximum absolute atomic E-state index is 8.64. The topological polar surface area (TPSA) is 27.0 Å². The van der Waals surface area contributed by atoms with Gasteiger partial charge in [-0.05, 0) is 37.6 Å². The molecule has 0 aliphatic rings. The van der Waals surface area contributed by atoms with Gasteiger partial charge in [0.05, 0.1) is 6.07 Å². The lowest BCUT2D eigenvalue weighted by atomic mass is 10.2. The molecule has 1 aromatic rings. The highest BCUT2D eigenvalue weighted by molar-refractivity contribution is 6.33. The van der Waals surface area contributed by atoms with E-state index in [-0.39, 0.29) is 0 Å². The van der Waals surface area contributed by atoms with Gasteiger partial charge in [-0.2, -0.15) is 5.26 Å². The molecule has 1 aromatic carbocycles. The van der Waals surface area contributed by atoms with Crippen molar-refractivity contribution in [3.63, 3.8) is 0 Å². The summed E-state index contributed by atoms with van der Waals surface area (Å²) in [5.41, 5.74) is 1.01. The standard InChI is InChI=1S/C13H16Cl2N2/c1-10(2)17(7-3-6-16)9-11-8-12(14)4-5-13(11)15/h4-5,8,10H,3,7,9H2,1-2H3. The van der Waals surface area contributed by atoms with Crippen molar-refractivity contribution in [2.75, 3.05) is 6.54 Å². The summed E-state index contributed by atoms with van der Waals surface area (Å²) in [4.78, 5) is 2.21. The fourth-order valence-corrected chi connectivity index (χ4v) is 1.97. The second kappa shape index (κ2) is 6.86. The van der Waals surface area contributed by atoms with Gasteiger partial charge < -0.3 is 0 Å². The Morgan fingerprint density at radius 3 is 2.65 bits per heavy atom. The molecule has 0 fully saturated rings. The van der Waals surface area contributed by atoms with Gasteiger partial charge in [0.15, 0.2) is 0 Å². The minimum atomic E-state index is 0.374. The largest absolute Gasteiger partial charge is 0.296 e. The third kappa shape index (κ3) is 4.55. The van der Waals surface area contributed by atoms with Gasteiger partial charge >= 0.3 is 0 Å². The van der Waals surface area contributed by atoms with Gasteiger partial charge in [0.2, 0.25) is 0 Å². The third-order valence-corrected chi connectivity index (χ3v) is 3.23. The van der Waals surface area contributed by atoms with Crippen LogP contribution in [0.15, 0.2) is 18.2 Å². The number of nitriles is 1. The van der Waals surface area contributed by atoms with E-state index in [1.54, 1.807) is 6.07 Å². The van der Waals surface area contributed by atoms with Crippen LogP contribution >= 0.6 is 23.2 Å². The Morgan fingerprint density at radius 2 is 2.06 bits per heavy atom. The number of rotatable bonds is 5. The number of hydrogen-bond acceptors (Lipinski definition) is 2. The highest BCUT2D eigenvalue weighted by Crippen LogP contribution is 2.22.